The van der Waals surface area contributed by atoms with Crippen molar-refractivity contribution < 1.29 is 4.79 Å². The van der Waals surface area contributed by atoms with E-state index in [-0.39, 0.29) is 12.0 Å². The first kappa shape index (κ1) is 12.8. The van der Waals surface area contributed by atoms with Gasteiger partial charge in [0.2, 0.25) is 0 Å². The van der Waals surface area contributed by atoms with Gasteiger partial charge in [0.15, 0.2) is 5.96 Å². The SMILES string of the molecule is NC1=NCCCCCCCCCNC(=O)N1. The van der Waals surface area contributed by atoms with Crippen LogP contribution in [-0.4, -0.2) is 25.1 Å². The summed E-state index contributed by atoms with van der Waals surface area (Å²) in [6.07, 6.45) is 8.27. The van der Waals surface area contributed by atoms with Gasteiger partial charge in [-0.25, -0.2) is 4.79 Å². The van der Waals surface area contributed by atoms with Crippen LogP contribution < -0.4 is 16.4 Å². The van der Waals surface area contributed by atoms with Crippen molar-refractivity contribution in [1.29, 1.82) is 0 Å². The van der Waals surface area contributed by atoms with Crippen molar-refractivity contribution in [2.24, 2.45) is 10.7 Å². The highest BCUT2D eigenvalue weighted by Gasteiger charge is 2.01. The summed E-state index contributed by atoms with van der Waals surface area (Å²) < 4.78 is 0. The van der Waals surface area contributed by atoms with Crippen molar-refractivity contribution in [3.8, 4) is 0 Å². The van der Waals surface area contributed by atoms with Crippen LogP contribution in [-0.2, 0) is 0 Å². The molecule has 1 aliphatic rings. The number of hydrogen-bond donors (Lipinski definition) is 3. The van der Waals surface area contributed by atoms with Crippen LogP contribution in [0.15, 0.2) is 4.99 Å². The summed E-state index contributed by atoms with van der Waals surface area (Å²) in [5.74, 6) is 0.217. The van der Waals surface area contributed by atoms with E-state index in [9.17, 15) is 4.79 Å². The topological polar surface area (TPSA) is 79.5 Å². The molecule has 0 spiro atoms. The summed E-state index contributed by atoms with van der Waals surface area (Å²) in [5, 5.41) is 5.27. The van der Waals surface area contributed by atoms with Gasteiger partial charge >= 0.3 is 6.03 Å². The van der Waals surface area contributed by atoms with Gasteiger partial charge in [-0.1, -0.05) is 32.1 Å². The van der Waals surface area contributed by atoms with E-state index in [2.05, 4.69) is 15.6 Å². The van der Waals surface area contributed by atoms with E-state index in [4.69, 9.17) is 5.73 Å². The molecule has 92 valence electrons. The Bertz CT molecular complexity index is 240. The predicted molar refractivity (Wildman–Crippen MR) is 65.3 cm³/mol. The molecule has 0 saturated heterocycles. The molecule has 0 radical (unpaired) electrons. The van der Waals surface area contributed by atoms with Crippen LogP contribution in [0.25, 0.3) is 0 Å². The van der Waals surface area contributed by atoms with Gasteiger partial charge in [0.25, 0.3) is 0 Å². The van der Waals surface area contributed by atoms with E-state index < -0.39 is 0 Å². The predicted octanol–water partition coefficient (Wildman–Crippen LogP) is 1.34. The molecular formula is C11H22N4O. The molecule has 0 aromatic rings. The number of nitrogens with one attached hydrogen (secondary N) is 2. The van der Waals surface area contributed by atoms with E-state index in [0.29, 0.717) is 13.1 Å². The lowest BCUT2D eigenvalue weighted by Gasteiger charge is -2.08. The van der Waals surface area contributed by atoms with E-state index in [1.54, 1.807) is 0 Å². The van der Waals surface area contributed by atoms with Crippen LogP contribution in [0.1, 0.15) is 44.9 Å². The molecule has 1 aliphatic heterocycles. The summed E-state index contributed by atoms with van der Waals surface area (Å²) >= 11 is 0. The van der Waals surface area contributed by atoms with Crippen molar-refractivity contribution in [3.05, 3.63) is 0 Å². The van der Waals surface area contributed by atoms with Crippen molar-refractivity contribution in [1.82, 2.24) is 10.6 Å². The molecule has 0 bridgehead atoms. The number of nitrogens with zero attached hydrogens (tertiary/aromatic N) is 1. The van der Waals surface area contributed by atoms with Gasteiger partial charge < -0.3 is 11.1 Å². The summed E-state index contributed by atoms with van der Waals surface area (Å²) in [5.41, 5.74) is 5.55. The molecule has 16 heavy (non-hydrogen) atoms. The average molecular weight is 226 g/mol. The third kappa shape index (κ3) is 6.27. The minimum atomic E-state index is -0.252. The van der Waals surface area contributed by atoms with Crippen LogP contribution in [0.3, 0.4) is 0 Å². The highest BCUT2D eigenvalue weighted by molar-refractivity contribution is 5.95. The van der Waals surface area contributed by atoms with E-state index in [1.165, 1.54) is 32.1 Å². The molecule has 4 N–H and O–H groups in total. The van der Waals surface area contributed by atoms with Crippen molar-refractivity contribution >= 4 is 12.0 Å². The van der Waals surface area contributed by atoms with Gasteiger partial charge in [0, 0.05) is 13.1 Å². The Kier molecular flexibility index (Phi) is 6.37. The lowest BCUT2D eigenvalue weighted by atomic mass is 10.1. The molecule has 0 saturated carbocycles. The Labute approximate surface area is 96.9 Å². The molecule has 0 aromatic heterocycles. The zero-order valence-electron chi connectivity index (χ0n) is 9.80. The first-order chi connectivity index (χ1) is 7.79. The Hall–Kier alpha value is -1.26. The minimum absolute atomic E-state index is 0.217. The maximum absolute atomic E-state index is 11.3. The zero-order chi connectivity index (χ0) is 11.6. The van der Waals surface area contributed by atoms with Crippen molar-refractivity contribution in [2.75, 3.05) is 13.1 Å². The van der Waals surface area contributed by atoms with E-state index in [1.807, 2.05) is 0 Å². The second-order valence-electron chi connectivity index (χ2n) is 4.12. The third-order valence-electron chi connectivity index (χ3n) is 2.64. The highest BCUT2D eigenvalue weighted by atomic mass is 16.2. The van der Waals surface area contributed by atoms with Gasteiger partial charge in [-0.2, -0.15) is 0 Å². The van der Waals surface area contributed by atoms with Crippen LogP contribution in [0.4, 0.5) is 4.79 Å². The third-order valence-corrected chi connectivity index (χ3v) is 2.64. The fraction of sp³-hybridized carbons (Fsp3) is 0.818. The largest absolute Gasteiger partial charge is 0.370 e. The summed E-state index contributed by atoms with van der Waals surface area (Å²) in [4.78, 5) is 15.4. The molecule has 0 atom stereocenters. The Morgan fingerprint density at radius 2 is 1.62 bits per heavy atom. The monoisotopic (exact) mass is 226 g/mol. The van der Waals surface area contributed by atoms with Crippen LogP contribution in [0.5, 0.6) is 0 Å². The number of carbonyl (C=O) groups is 1. The number of amides is 2. The molecule has 1 heterocycles. The fourth-order valence-corrected chi connectivity index (χ4v) is 1.72. The lowest BCUT2D eigenvalue weighted by Crippen LogP contribution is -2.43. The Morgan fingerprint density at radius 1 is 1.00 bits per heavy atom. The maximum Gasteiger partial charge on any atom is 0.321 e. The first-order valence-electron chi connectivity index (χ1n) is 6.14. The van der Waals surface area contributed by atoms with Gasteiger partial charge in [-0.15, -0.1) is 0 Å². The average Bonchev–Trinajstić information content (AvgIpc) is 2.25. The summed E-state index contributed by atoms with van der Waals surface area (Å²) in [6, 6.07) is -0.252. The summed E-state index contributed by atoms with van der Waals surface area (Å²) in [6.45, 7) is 1.41. The van der Waals surface area contributed by atoms with Crippen molar-refractivity contribution in [2.45, 2.75) is 44.9 Å². The quantitative estimate of drug-likeness (QED) is 0.583. The fourth-order valence-electron chi connectivity index (χ4n) is 1.72. The molecule has 0 unspecified atom stereocenters. The number of carbonyl (C=O) groups excluding carboxylic acids is 1. The van der Waals surface area contributed by atoms with Gasteiger partial charge in [-0.05, 0) is 12.8 Å². The van der Waals surface area contributed by atoms with Crippen LogP contribution in [0.2, 0.25) is 0 Å². The van der Waals surface area contributed by atoms with Gasteiger partial charge in [-0.3, -0.25) is 10.3 Å². The van der Waals surface area contributed by atoms with E-state index in [0.717, 1.165) is 12.8 Å². The van der Waals surface area contributed by atoms with Gasteiger partial charge in [0.05, 0.1) is 0 Å². The first-order valence-corrected chi connectivity index (χ1v) is 6.14. The second kappa shape index (κ2) is 7.96. The second-order valence-corrected chi connectivity index (χ2v) is 4.12. The number of guanidine groups is 1. The number of hydrogen-bond acceptors (Lipinski definition) is 3. The zero-order valence-corrected chi connectivity index (χ0v) is 9.80. The smallest absolute Gasteiger partial charge is 0.321 e. The molecule has 5 heteroatoms. The summed E-state index contributed by atoms with van der Waals surface area (Å²) in [7, 11) is 0. The number of rotatable bonds is 0. The minimum Gasteiger partial charge on any atom is -0.370 e. The lowest BCUT2D eigenvalue weighted by molar-refractivity contribution is 0.245. The molecule has 2 amide bonds. The van der Waals surface area contributed by atoms with Crippen molar-refractivity contribution in [3.63, 3.8) is 0 Å². The maximum atomic E-state index is 11.3. The van der Waals surface area contributed by atoms with Gasteiger partial charge in [0.1, 0.15) is 0 Å². The normalized spacial score (nSPS) is 21.2. The molecule has 0 aliphatic carbocycles. The molecule has 5 nitrogen and oxygen atoms in total. The highest BCUT2D eigenvalue weighted by Crippen LogP contribution is 2.07. The molecular weight excluding hydrogens is 204 g/mol. The number of urea groups is 1. The number of nitrogens with two attached hydrogens (primary N) is 1. The van der Waals surface area contributed by atoms with Crippen LogP contribution in [0, 0.1) is 0 Å². The number of aliphatic imine (C=N–C) groups is 1. The molecule has 0 fully saturated rings. The molecule has 0 aromatic carbocycles. The van der Waals surface area contributed by atoms with E-state index >= 15 is 0 Å². The van der Waals surface area contributed by atoms with Crippen LogP contribution >= 0.6 is 0 Å². The molecule has 1 rings (SSSR count). The standard InChI is InChI=1S/C11H22N4O/c12-10-13-8-6-4-2-1-3-5-7-9-14-11(16)15-10/h1-9H2,(H4,12,13,14,15,16). The Morgan fingerprint density at radius 3 is 2.38 bits per heavy atom. The Balaban J connectivity index is 2.34.